The third-order valence-electron chi connectivity index (χ3n) is 7.12. The molecule has 3 aromatic carbocycles. The van der Waals surface area contributed by atoms with E-state index in [0.717, 1.165) is 22.3 Å². The van der Waals surface area contributed by atoms with Crippen molar-refractivity contribution in [3.63, 3.8) is 0 Å². The highest BCUT2D eigenvalue weighted by molar-refractivity contribution is 6.31. The van der Waals surface area contributed by atoms with Gasteiger partial charge in [-0.25, -0.2) is 0 Å². The van der Waals surface area contributed by atoms with E-state index in [1.165, 1.54) is 0 Å². The highest BCUT2D eigenvalue weighted by Crippen LogP contribution is 2.61. The number of Topliss-reactive ketones (excluding diaryl/α,β-unsaturated/α-hetero) is 1. The average Bonchev–Trinajstić information content (AvgIpc) is 3.06. The minimum atomic E-state index is -1.05. The molecule has 33 heavy (non-hydrogen) atoms. The van der Waals surface area contributed by atoms with Gasteiger partial charge in [0.05, 0.1) is 0 Å². The van der Waals surface area contributed by atoms with Crippen molar-refractivity contribution in [3.8, 4) is 5.75 Å². The standard InChI is InChI=1S/C28H24Cl2O3/c1-16(2)17-9-10-23-26(13-17)33-27(32)28(23)24(18-5-3-7-20(29)11-18)14-22(31)15-25(28)19-6-4-8-21(30)12-19/h3-13,16,24-25H,14-15H2,1-2H3/t24-,25+,28?. The number of rotatable bonds is 3. The number of hydrogen-bond acceptors (Lipinski definition) is 3. The first-order chi connectivity index (χ1) is 15.8. The van der Waals surface area contributed by atoms with Gasteiger partial charge in [-0.15, -0.1) is 0 Å². The molecule has 1 fully saturated rings. The van der Waals surface area contributed by atoms with Crippen molar-refractivity contribution in [1.29, 1.82) is 0 Å². The molecule has 0 bridgehead atoms. The van der Waals surface area contributed by atoms with Crippen LogP contribution in [0, 0.1) is 0 Å². The maximum atomic E-state index is 13.9. The van der Waals surface area contributed by atoms with Crippen molar-refractivity contribution in [2.75, 3.05) is 0 Å². The predicted molar refractivity (Wildman–Crippen MR) is 130 cm³/mol. The van der Waals surface area contributed by atoms with Gasteiger partial charge in [0.2, 0.25) is 0 Å². The van der Waals surface area contributed by atoms with Crippen LogP contribution in [-0.2, 0) is 15.0 Å². The molecule has 2 aliphatic rings. The molecule has 168 valence electrons. The topological polar surface area (TPSA) is 43.4 Å². The lowest BCUT2D eigenvalue weighted by Gasteiger charge is -2.45. The average molecular weight is 479 g/mol. The quantitative estimate of drug-likeness (QED) is 0.295. The van der Waals surface area contributed by atoms with Crippen LogP contribution in [0.5, 0.6) is 5.75 Å². The van der Waals surface area contributed by atoms with E-state index in [4.69, 9.17) is 27.9 Å². The number of ketones is 1. The van der Waals surface area contributed by atoms with Gasteiger partial charge in [-0.2, -0.15) is 0 Å². The molecule has 0 radical (unpaired) electrons. The van der Waals surface area contributed by atoms with E-state index in [-0.39, 0.29) is 24.6 Å². The Morgan fingerprint density at radius 3 is 1.94 bits per heavy atom. The Labute approximate surface area is 203 Å². The molecule has 5 rings (SSSR count). The summed E-state index contributed by atoms with van der Waals surface area (Å²) in [6.07, 6.45) is 0.496. The fourth-order valence-corrected chi connectivity index (χ4v) is 5.99. The second kappa shape index (κ2) is 8.30. The molecule has 5 heteroatoms. The first-order valence-electron chi connectivity index (χ1n) is 11.2. The van der Waals surface area contributed by atoms with Crippen LogP contribution >= 0.6 is 23.2 Å². The zero-order chi connectivity index (χ0) is 23.3. The fourth-order valence-electron chi connectivity index (χ4n) is 5.59. The van der Waals surface area contributed by atoms with E-state index in [1.807, 2.05) is 48.5 Å². The third-order valence-corrected chi connectivity index (χ3v) is 7.59. The molecule has 0 aromatic heterocycles. The molecule has 0 N–H and O–H groups in total. The third kappa shape index (κ3) is 3.59. The van der Waals surface area contributed by atoms with Crippen molar-refractivity contribution in [2.24, 2.45) is 0 Å². The van der Waals surface area contributed by atoms with Crippen molar-refractivity contribution >= 4 is 35.0 Å². The normalized spacial score (nSPS) is 24.3. The van der Waals surface area contributed by atoms with Gasteiger partial charge in [-0.3, -0.25) is 9.59 Å². The minimum Gasteiger partial charge on any atom is -0.425 e. The Morgan fingerprint density at radius 2 is 1.42 bits per heavy atom. The second-order valence-corrected chi connectivity index (χ2v) is 10.2. The highest BCUT2D eigenvalue weighted by atomic mass is 35.5. The van der Waals surface area contributed by atoms with Crippen molar-refractivity contribution < 1.29 is 14.3 Å². The summed E-state index contributed by atoms with van der Waals surface area (Å²) < 4.78 is 5.97. The van der Waals surface area contributed by atoms with Gasteiger partial charge in [0.15, 0.2) is 0 Å². The van der Waals surface area contributed by atoms with Crippen LogP contribution < -0.4 is 4.74 Å². The number of halogens is 2. The number of hydrogen-bond donors (Lipinski definition) is 0. The van der Waals surface area contributed by atoms with E-state index >= 15 is 0 Å². The number of fused-ring (bicyclic) bond motifs is 2. The van der Waals surface area contributed by atoms with Gasteiger partial charge in [0.25, 0.3) is 0 Å². The highest BCUT2D eigenvalue weighted by Gasteiger charge is 2.62. The van der Waals surface area contributed by atoms with E-state index in [2.05, 4.69) is 19.9 Å². The lowest BCUT2D eigenvalue weighted by molar-refractivity contribution is -0.142. The van der Waals surface area contributed by atoms with Gasteiger partial charge in [-0.05, 0) is 52.9 Å². The summed E-state index contributed by atoms with van der Waals surface area (Å²) in [6.45, 7) is 4.22. The smallest absolute Gasteiger partial charge is 0.323 e. The van der Waals surface area contributed by atoms with Crippen LogP contribution in [0.25, 0.3) is 0 Å². The van der Waals surface area contributed by atoms with Crippen LogP contribution in [0.1, 0.15) is 66.7 Å². The zero-order valence-electron chi connectivity index (χ0n) is 18.5. The summed E-state index contributed by atoms with van der Waals surface area (Å²) in [7, 11) is 0. The van der Waals surface area contributed by atoms with Crippen LogP contribution in [0.2, 0.25) is 10.0 Å². The Kier molecular flexibility index (Phi) is 5.58. The number of carbonyl (C=O) groups excluding carboxylic acids is 2. The van der Waals surface area contributed by atoms with Crippen molar-refractivity contribution in [3.05, 3.63) is 99.0 Å². The molecular weight excluding hydrogens is 455 g/mol. The van der Waals surface area contributed by atoms with Crippen LogP contribution in [-0.4, -0.2) is 11.8 Å². The molecule has 1 spiro atoms. The molecule has 3 aromatic rings. The molecule has 3 atom stereocenters. The maximum Gasteiger partial charge on any atom is 0.323 e. The molecule has 1 saturated carbocycles. The SMILES string of the molecule is CC(C)c1ccc2c(c1)OC(=O)C21[C@@H](c2cccc(Cl)c2)CC(=O)C[C@H]1c1cccc(Cl)c1. The summed E-state index contributed by atoms with van der Waals surface area (Å²) in [4.78, 5) is 27.0. The zero-order valence-corrected chi connectivity index (χ0v) is 20.0. The molecule has 0 saturated heterocycles. The molecule has 1 aliphatic heterocycles. The Hall–Kier alpha value is -2.62. The fraction of sp³-hybridized carbons (Fsp3) is 0.286. The second-order valence-electron chi connectivity index (χ2n) is 9.33. The molecule has 1 aliphatic carbocycles. The molecule has 0 amide bonds. The molecular formula is C28H24Cl2O3. The van der Waals surface area contributed by atoms with Crippen molar-refractivity contribution in [1.82, 2.24) is 0 Å². The van der Waals surface area contributed by atoms with Crippen molar-refractivity contribution in [2.45, 2.75) is 49.9 Å². The van der Waals surface area contributed by atoms with Gasteiger partial charge in [0.1, 0.15) is 16.9 Å². The summed E-state index contributed by atoms with van der Waals surface area (Å²) >= 11 is 12.7. The molecule has 1 unspecified atom stereocenters. The van der Waals surface area contributed by atoms with Crippen LogP contribution in [0.4, 0.5) is 0 Å². The first kappa shape index (κ1) is 22.2. The van der Waals surface area contributed by atoms with E-state index in [9.17, 15) is 9.59 Å². The van der Waals surface area contributed by atoms with Gasteiger partial charge < -0.3 is 4.74 Å². The molecule has 3 nitrogen and oxygen atoms in total. The number of benzene rings is 3. The van der Waals surface area contributed by atoms with E-state index in [0.29, 0.717) is 21.7 Å². The predicted octanol–water partition coefficient (Wildman–Crippen LogP) is 7.20. The number of esters is 1. The Balaban J connectivity index is 1.80. The van der Waals surface area contributed by atoms with Gasteiger partial charge >= 0.3 is 5.97 Å². The minimum absolute atomic E-state index is 0.107. The van der Waals surface area contributed by atoms with Crippen LogP contribution in [0.15, 0.2) is 66.7 Å². The van der Waals surface area contributed by atoms with Gasteiger partial charge in [-0.1, -0.05) is 73.4 Å². The van der Waals surface area contributed by atoms with Gasteiger partial charge in [0, 0.05) is 40.3 Å². The summed E-state index contributed by atoms with van der Waals surface area (Å²) in [5.41, 5.74) is 2.61. The number of carbonyl (C=O) groups is 2. The lowest BCUT2D eigenvalue weighted by atomic mass is 9.54. The first-order valence-corrected chi connectivity index (χ1v) is 12.0. The lowest BCUT2D eigenvalue weighted by Crippen LogP contribution is -2.49. The largest absolute Gasteiger partial charge is 0.425 e. The Bertz CT molecular complexity index is 1210. The Morgan fingerprint density at radius 1 is 0.848 bits per heavy atom. The summed E-state index contributed by atoms with van der Waals surface area (Å²) in [6, 6.07) is 21.0. The number of ether oxygens (including phenoxy) is 1. The van der Waals surface area contributed by atoms with E-state index < -0.39 is 17.3 Å². The summed E-state index contributed by atoms with van der Waals surface area (Å²) in [5, 5.41) is 1.14. The summed E-state index contributed by atoms with van der Waals surface area (Å²) in [5.74, 6) is -0.137. The van der Waals surface area contributed by atoms with Crippen LogP contribution in [0.3, 0.4) is 0 Å². The maximum absolute atomic E-state index is 13.9. The monoisotopic (exact) mass is 478 g/mol. The molecule has 1 heterocycles. The van der Waals surface area contributed by atoms with E-state index in [1.54, 1.807) is 12.1 Å².